The molecule has 0 bridgehead atoms. The molecule has 0 aliphatic rings. The van der Waals surface area contributed by atoms with E-state index < -0.39 is 23.9 Å². The van der Waals surface area contributed by atoms with E-state index in [1.54, 1.807) is 18.3 Å². The molecule has 4 heterocycles. The number of amides is 1. The number of carbonyl (C=O) groups is 1. The summed E-state index contributed by atoms with van der Waals surface area (Å²) in [6.07, 6.45) is 6.29. The number of nitrogens with zero attached hydrogens (tertiary/aromatic N) is 9. The summed E-state index contributed by atoms with van der Waals surface area (Å²) in [5, 5.41) is 28.7. The van der Waals surface area contributed by atoms with Gasteiger partial charge in [-0.2, -0.15) is 18.9 Å². The first-order valence-corrected chi connectivity index (χ1v) is 12.0. The number of methoxy groups -OCH3 is 1. The maximum absolute atomic E-state index is 15.3. The number of likely N-dealkylation sites (N-methyl/N-ethyl adjacent to an activating group) is 1. The SMILES string of the molecule is COC(=O)N(C)C[C@H](c1ccc(-c2c(-n3cnnn3)ccc(Cl)c2F)c[n+]1[O-])n1cc(-c2ccnc(F)c2)cn1. The van der Waals surface area contributed by atoms with Crippen LogP contribution in [0.4, 0.5) is 13.6 Å². The van der Waals surface area contributed by atoms with E-state index in [0.717, 1.165) is 0 Å². The van der Waals surface area contributed by atoms with Crippen molar-refractivity contribution in [3.05, 3.63) is 95.2 Å². The molecule has 0 aliphatic carbocycles. The zero-order valence-corrected chi connectivity index (χ0v) is 21.8. The Kier molecular flexibility index (Phi) is 7.33. The first kappa shape index (κ1) is 26.6. The number of carbonyl (C=O) groups excluding carboxylic acids is 1. The van der Waals surface area contributed by atoms with Gasteiger partial charge in [-0.05, 0) is 40.3 Å². The van der Waals surface area contributed by atoms with Crippen LogP contribution in [0.2, 0.25) is 5.02 Å². The van der Waals surface area contributed by atoms with E-state index in [-0.39, 0.29) is 34.1 Å². The van der Waals surface area contributed by atoms with Gasteiger partial charge in [-0.15, -0.1) is 5.10 Å². The molecule has 12 nitrogen and oxygen atoms in total. The van der Waals surface area contributed by atoms with Gasteiger partial charge in [0, 0.05) is 37.1 Å². The summed E-state index contributed by atoms with van der Waals surface area (Å²) in [5.74, 6) is -1.42. The molecule has 0 saturated carbocycles. The molecule has 204 valence electrons. The molecule has 5 rings (SSSR count). The summed E-state index contributed by atoms with van der Waals surface area (Å²) in [5.41, 5.74) is 1.76. The van der Waals surface area contributed by atoms with Gasteiger partial charge in [0.25, 0.3) is 0 Å². The van der Waals surface area contributed by atoms with E-state index in [2.05, 4.69) is 25.6 Å². The number of hydrogen-bond donors (Lipinski definition) is 0. The highest BCUT2D eigenvalue weighted by Crippen LogP contribution is 2.33. The van der Waals surface area contributed by atoms with Crippen molar-refractivity contribution in [2.24, 2.45) is 0 Å². The van der Waals surface area contributed by atoms with Gasteiger partial charge in [-0.1, -0.05) is 11.6 Å². The molecule has 0 unspecified atom stereocenters. The van der Waals surface area contributed by atoms with E-state index in [4.69, 9.17) is 16.3 Å². The molecular formula is C25H20ClF2N9O3. The van der Waals surface area contributed by atoms with Gasteiger partial charge in [0.05, 0.1) is 41.7 Å². The smallest absolute Gasteiger partial charge is 0.409 e. The van der Waals surface area contributed by atoms with Gasteiger partial charge >= 0.3 is 6.09 Å². The van der Waals surface area contributed by atoms with Gasteiger partial charge < -0.3 is 14.8 Å². The number of rotatable bonds is 7. The number of pyridine rings is 2. The molecule has 0 aliphatic heterocycles. The lowest BCUT2D eigenvalue weighted by molar-refractivity contribution is -0.615. The molecule has 15 heteroatoms. The summed E-state index contributed by atoms with van der Waals surface area (Å²) in [4.78, 5) is 17.0. The van der Waals surface area contributed by atoms with Crippen LogP contribution in [0.5, 0.6) is 0 Å². The maximum Gasteiger partial charge on any atom is 0.409 e. The second-order valence-electron chi connectivity index (χ2n) is 8.62. The highest BCUT2D eigenvalue weighted by molar-refractivity contribution is 6.31. The summed E-state index contributed by atoms with van der Waals surface area (Å²) in [6, 6.07) is 7.99. The third-order valence-electron chi connectivity index (χ3n) is 6.16. The average Bonchev–Trinajstić information content (AvgIpc) is 3.66. The minimum atomic E-state index is -0.806. The van der Waals surface area contributed by atoms with Crippen molar-refractivity contribution in [2.45, 2.75) is 6.04 Å². The molecule has 0 saturated heterocycles. The molecule has 1 aromatic carbocycles. The Hall–Kier alpha value is -4.98. The molecule has 1 amide bonds. The predicted octanol–water partition coefficient (Wildman–Crippen LogP) is 3.44. The standard InChI is InChI=1S/C25H20ClF2N9O3/c1-34(25(38)40-2)13-21(35-11-17(10-31-35)15-7-8-29-22(27)9-15)19-5-3-16(12-37(19)39)23-20(36-14-30-32-33-36)6-4-18(26)24(23)28/h3-12,14,21H,13H2,1-2H3/t21-/m1/s1. The van der Waals surface area contributed by atoms with Crippen LogP contribution in [0.1, 0.15) is 11.7 Å². The summed E-state index contributed by atoms with van der Waals surface area (Å²) < 4.78 is 37.0. The van der Waals surface area contributed by atoms with Crippen LogP contribution in [-0.2, 0) is 4.74 Å². The van der Waals surface area contributed by atoms with E-state index >= 15 is 4.39 Å². The van der Waals surface area contributed by atoms with E-state index in [1.807, 2.05) is 0 Å². The summed E-state index contributed by atoms with van der Waals surface area (Å²) >= 11 is 6.05. The fourth-order valence-corrected chi connectivity index (χ4v) is 4.38. The number of ether oxygens (including phenoxy) is 1. The molecular weight excluding hydrogens is 548 g/mol. The Labute approximate surface area is 230 Å². The molecule has 0 radical (unpaired) electrons. The summed E-state index contributed by atoms with van der Waals surface area (Å²) in [6.45, 7) is -0.0124. The fraction of sp³-hybridized carbons (Fsp3) is 0.160. The number of hydrogen-bond acceptors (Lipinski definition) is 8. The van der Waals surface area contributed by atoms with Gasteiger partial charge in [0.1, 0.15) is 6.33 Å². The van der Waals surface area contributed by atoms with Crippen molar-refractivity contribution in [3.8, 4) is 27.9 Å². The zero-order valence-electron chi connectivity index (χ0n) is 21.0. The normalized spacial score (nSPS) is 11.8. The molecule has 4 aromatic heterocycles. The Morgan fingerprint density at radius 1 is 1.20 bits per heavy atom. The molecule has 1 atom stereocenters. The average molecular weight is 568 g/mol. The minimum Gasteiger partial charge on any atom is -0.618 e. The predicted molar refractivity (Wildman–Crippen MR) is 137 cm³/mol. The monoisotopic (exact) mass is 567 g/mol. The largest absolute Gasteiger partial charge is 0.618 e. The molecule has 0 spiro atoms. The summed E-state index contributed by atoms with van der Waals surface area (Å²) in [7, 11) is 2.74. The third kappa shape index (κ3) is 5.16. The van der Waals surface area contributed by atoms with Crippen LogP contribution in [0.15, 0.2) is 67.5 Å². The number of benzene rings is 1. The van der Waals surface area contributed by atoms with Gasteiger partial charge in [-0.3, -0.25) is 4.68 Å². The Morgan fingerprint density at radius 2 is 2.02 bits per heavy atom. The Balaban J connectivity index is 1.58. The topological polar surface area (TPSA) is 131 Å². The third-order valence-corrected chi connectivity index (χ3v) is 6.45. The zero-order chi connectivity index (χ0) is 28.4. The quantitative estimate of drug-likeness (QED) is 0.166. The fourth-order valence-electron chi connectivity index (χ4n) is 4.22. The number of halogens is 3. The van der Waals surface area contributed by atoms with Crippen LogP contribution in [0.25, 0.3) is 27.9 Å². The van der Waals surface area contributed by atoms with E-state index in [0.29, 0.717) is 15.9 Å². The number of aromatic nitrogens is 8. The van der Waals surface area contributed by atoms with Crippen molar-refractivity contribution in [1.29, 1.82) is 0 Å². The lowest BCUT2D eigenvalue weighted by Gasteiger charge is -2.23. The molecule has 40 heavy (non-hydrogen) atoms. The van der Waals surface area contributed by atoms with Crippen molar-refractivity contribution in [2.75, 3.05) is 20.7 Å². The lowest BCUT2D eigenvalue weighted by atomic mass is 10.0. The van der Waals surface area contributed by atoms with Crippen LogP contribution < -0.4 is 4.73 Å². The van der Waals surface area contributed by atoms with Gasteiger partial charge in [0.2, 0.25) is 11.6 Å². The van der Waals surface area contributed by atoms with Crippen molar-refractivity contribution in [1.82, 2.24) is 39.9 Å². The Morgan fingerprint density at radius 3 is 2.73 bits per heavy atom. The first-order valence-electron chi connectivity index (χ1n) is 11.7. The first-order chi connectivity index (χ1) is 19.3. The second-order valence-corrected chi connectivity index (χ2v) is 9.03. The highest BCUT2D eigenvalue weighted by Gasteiger charge is 2.28. The lowest BCUT2D eigenvalue weighted by Crippen LogP contribution is -2.41. The van der Waals surface area contributed by atoms with Crippen molar-refractivity contribution < 1.29 is 23.0 Å². The molecule has 0 fully saturated rings. The minimum absolute atomic E-state index is 0.0124. The number of tetrazole rings is 1. The van der Waals surface area contributed by atoms with Gasteiger partial charge in [0.15, 0.2) is 18.1 Å². The molecule has 5 aromatic rings. The van der Waals surface area contributed by atoms with Crippen LogP contribution >= 0.6 is 11.6 Å². The van der Waals surface area contributed by atoms with Crippen LogP contribution in [0, 0.1) is 17.0 Å². The Bertz CT molecular complexity index is 1680. The highest BCUT2D eigenvalue weighted by atomic mass is 35.5. The maximum atomic E-state index is 15.3. The van der Waals surface area contributed by atoms with Crippen molar-refractivity contribution in [3.63, 3.8) is 0 Å². The van der Waals surface area contributed by atoms with Crippen LogP contribution in [-0.4, -0.2) is 66.7 Å². The molecule has 0 N–H and O–H groups in total. The van der Waals surface area contributed by atoms with E-state index in [9.17, 15) is 14.4 Å². The van der Waals surface area contributed by atoms with Gasteiger partial charge in [-0.25, -0.2) is 14.2 Å². The van der Waals surface area contributed by atoms with Crippen LogP contribution in [0.3, 0.4) is 0 Å². The van der Waals surface area contributed by atoms with E-state index in [1.165, 1.54) is 77.6 Å². The second kappa shape index (κ2) is 11.0. The van der Waals surface area contributed by atoms with Crippen molar-refractivity contribution >= 4 is 17.7 Å².